The molecule has 0 amide bonds. The van der Waals surface area contributed by atoms with Crippen molar-refractivity contribution < 1.29 is 14.3 Å². The van der Waals surface area contributed by atoms with E-state index in [9.17, 15) is 9.18 Å². The van der Waals surface area contributed by atoms with Gasteiger partial charge < -0.3 is 5.11 Å². The van der Waals surface area contributed by atoms with Crippen LogP contribution in [-0.2, 0) is 0 Å². The molecular weight excluding hydrogens is 161 g/mol. The highest BCUT2D eigenvalue weighted by atomic mass is 19.1. The Morgan fingerprint density at radius 2 is 2.42 bits per heavy atom. The van der Waals surface area contributed by atoms with Gasteiger partial charge in [-0.3, -0.25) is 4.98 Å². The molecule has 0 aromatic carbocycles. The number of carboxylic acids is 1. The number of carbonyl (C=O) groups is 1. The van der Waals surface area contributed by atoms with Gasteiger partial charge in [-0.1, -0.05) is 6.58 Å². The number of aromatic nitrogens is 1. The molecule has 12 heavy (non-hydrogen) atoms. The second-order valence-electron chi connectivity index (χ2n) is 2.10. The number of halogens is 1. The van der Waals surface area contributed by atoms with E-state index in [0.29, 0.717) is 0 Å². The highest BCUT2D eigenvalue weighted by molar-refractivity contribution is 5.91. The van der Waals surface area contributed by atoms with Gasteiger partial charge in [-0.2, -0.15) is 0 Å². The SMILES string of the molecule is C=Cc1ncc(F)cc1C(=O)O. The highest BCUT2D eigenvalue weighted by Gasteiger charge is 2.09. The van der Waals surface area contributed by atoms with Crippen LogP contribution < -0.4 is 0 Å². The zero-order valence-electron chi connectivity index (χ0n) is 6.12. The fourth-order valence-electron chi connectivity index (χ4n) is 0.784. The number of aromatic carboxylic acids is 1. The average molecular weight is 167 g/mol. The first kappa shape index (κ1) is 8.39. The second kappa shape index (κ2) is 3.13. The second-order valence-corrected chi connectivity index (χ2v) is 2.10. The summed E-state index contributed by atoms with van der Waals surface area (Å²) in [6.07, 6.45) is 2.21. The van der Waals surface area contributed by atoms with Gasteiger partial charge in [0.05, 0.1) is 17.5 Å². The normalized spacial score (nSPS) is 9.42. The van der Waals surface area contributed by atoms with Crippen molar-refractivity contribution in [1.29, 1.82) is 0 Å². The Morgan fingerprint density at radius 1 is 1.75 bits per heavy atom. The Morgan fingerprint density at radius 3 is 2.92 bits per heavy atom. The van der Waals surface area contributed by atoms with E-state index < -0.39 is 11.8 Å². The maximum Gasteiger partial charge on any atom is 0.338 e. The van der Waals surface area contributed by atoms with E-state index >= 15 is 0 Å². The Balaban J connectivity index is 3.30. The molecule has 0 unspecified atom stereocenters. The van der Waals surface area contributed by atoms with E-state index in [0.717, 1.165) is 12.3 Å². The fourth-order valence-corrected chi connectivity index (χ4v) is 0.784. The molecular formula is C8H6FNO2. The molecule has 1 heterocycles. The summed E-state index contributed by atoms with van der Waals surface area (Å²) >= 11 is 0. The molecule has 1 rings (SSSR count). The molecule has 0 aliphatic rings. The Hall–Kier alpha value is -1.71. The van der Waals surface area contributed by atoms with E-state index in [1.165, 1.54) is 6.08 Å². The summed E-state index contributed by atoms with van der Waals surface area (Å²) in [6.45, 7) is 3.36. The van der Waals surface area contributed by atoms with Gasteiger partial charge in [0.25, 0.3) is 0 Å². The van der Waals surface area contributed by atoms with Crippen LogP contribution in [0.5, 0.6) is 0 Å². The minimum absolute atomic E-state index is 0.170. The minimum Gasteiger partial charge on any atom is -0.478 e. The molecule has 0 radical (unpaired) electrons. The summed E-state index contributed by atoms with van der Waals surface area (Å²) in [5.41, 5.74) is -0.00565. The van der Waals surface area contributed by atoms with Gasteiger partial charge >= 0.3 is 5.97 Å². The quantitative estimate of drug-likeness (QED) is 0.727. The molecule has 62 valence electrons. The molecule has 0 spiro atoms. The molecule has 0 aliphatic carbocycles. The molecule has 3 nitrogen and oxygen atoms in total. The lowest BCUT2D eigenvalue weighted by Crippen LogP contribution is -2.02. The zero-order chi connectivity index (χ0) is 9.14. The molecule has 0 fully saturated rings. The number of carboxylic acid groups (broad SMARTS) is 1. The van der Waals surface area contributed by atoms with Crippen molar-refractivity contribution in [1.82, 2.24) is 4.98 Å². The van der Waals surface area contributed by atoms with E-state index in [-0.39, 0.29) is 11.3 Å². The van der Waals surface area contributed by atoms with Gasteiger partial charge in [-0.05, 0) is 12.1 Å². The fraction of sp³-hybridized carbons (Fsp3) is 0. The number of rotatable bonds is 2. The van der Waals surface area contributed by atoms with E-state index in [4.69, 9.17) is 5.11 Å². The minimum atomic E-state index is -1.21. The summed E-state index contributed by atoms with van der Waals surface area (Å²) in [5, 5.41) is 8.57. The van der Waals surface area contributed by atoms with Crippen LogP contribution in [0.25, 0.3) is 6.08 Å². The van der Waals surface area contributed by atoms with Crippen LogP contribution in [0.1, 0.15) is 16.1 Å². The lowest BCUT2D eigenvalue weighted by Gasteiger charge is -1.98. The van der Waals surface area contributed by atoms with Crippen molar-refractivity contribution in [2.75, 3.05) is 0 Å². The predicted molar refractivity (Wildman–Crippen MR) is 41.2 cm³/mol. The summed E-state index contributed by atoms with van der Waals surface area (Å²) < 4.78 is 12.5. The molecule has 4 heteroatoms. The van der Waals surface area contributed by atoms with Crippen molar-refractivity contribution in [3.8, 4) is 0 Å². The zero-order valence-corrected chi connectivity index (χ0v) is 6.12. The van der Waals surface area contributed by atoms with Gasteiger partial charge in [0.1, 0.15) is 5.82 Å². The lowest BCUT2D eigenvalue weighted by molar-refractivity contribution is 0.0695. The van der Waals surface area contributed by atoms with Gasteiger partial charge in [-0.25, -0.2) is 9.18 Å². The van der Waals surface area contributed by atoms with Crippen molar-refractivity contribution in [2.45, 2.75) is 0 Å². The van der Waals surface area contributed by atoms with Crippen LogP contribution in [0.15, 0.2) is 18.8 Å². The summed E-state index contributed by atoms with van der Waals surface area (Å²) in [4.78, 5) is 14.0. The molecule has 0 saturated carbocycles. The van der Waals surface area contributed by atoms with E-state index in [1.807, 2.05) is 0 Å². The predicted octanol–water partition coefficient (Wildman–Crippen LogP) is 1.56. The largest absolute Gasteiger partial charge is 0.478 e. The molecule has 0 aliphatic heterocycles. The Labute approximate surface area is 68.2 Å². The first-order valence-electron chi connectivity index (χ1n) is 3.16. The third-order valence-electron chi connectivity index (χ3n) is 1.31. The number of pyridine rings is 1. The molecule has 1 aromatic heterocycles. The summed E-state index contributed by atoms with van der Waals surface area (Å²) in [7, 11) is 0. The maximum atomic E-state index is 12.5. The average Bonchev–Trinajstić information content (AvgIpc) is 2.04. The van der Waals surface area contributed by atoms with Crippen molar-refractivity contribution >= 4 is 12.0 Å². The standard InChI is InChI=1S/C8H6FNO2/c1-2-7-6(8(11)12)3-5(9)4-10-7/h2-4H,1H2,(H,11,12). The Kier molecular flexibility index (Phi) is 2.19. The van der Waals surface area contributed by atoms with Crippen LogP contribution in [0, 0.1) is 5.82 Å². The first-order chi connectivity index (χ1) is 5.65. The number of hydrogen-bond acceptors (Lipinski definition) is 2. The molecule has 0 bridgehead atoms. The van der Waals surface area contributed by atoms with Crippen LogP contribution in [0.4, 0.5) is 4.39 Å². The molecule has 0 saturated heterocycles. The summed E-state index contributed by atoms with van der Waals surface area (Å²) in [6, 6.07) is 0.909. The monoisotopic (exact) mass is 167 g/mol. The van der Waals surface area contributed by atoms with Gasteiger partial charge in [-0.15, -0.1) is 0 Å². The lowest BCUT2D eigenvalue weighted by atomic mass is 10.2. The third-order valence-corrected chi connectivity index (χ3v) is 1.31. The van der Waals surface area contributed by atoms with E-state index in [1.54, 1.807) is 0 Å². The van der Waals surface area contributed by atoms with Crippen molar-refractivity contribution in [3.63, 3.8) is 0 Å². The number of nitrogens with zero attached hydrogens (tertiary/aromatic N) is 1. The van der Waals surface area contributed by atoms with Crippen LogP contribution in [-0.4, -0.2) is 16.1 Å². The first-order valence-corrected chi connectivity index (χ1v) is 3.16. The van der Waals surface area contributed by atoms with Crippen molar-refractivity contribution in [3.05, 3.63) is 35.9 Å². The molecule has 1 N–H and O–H groups in total. The topological polar surface area (TPSA) is 50.2 Å². The van der Waals surface area contributed by atoms with Crippen LogP contribution in [0.2, 0.25) is 0 Å². The van der Waals surface area contributed by atoms with E-state index in [2.05, 4.69) is 11.6 Å². The van der Waals surface area contributed by atoms with Crippen molar-refractivity contribution in [2.24, 2.45) is 0 Å². The van der Waals surface area contributed by atoms with Crippen LogP contribution in [0.3, 0.4) is 0 Å². The molecule has 1 aromatic rings. The maximum absolute atomic E-state index is 12.5. The third kappa shape index (κ3) is 1.47. The number of hydrogen-bond donors (Lipinski definition) is 1. The summed E-state index contributed by atoms with van der Waals surface area (Å²) in [5.74, 6) is -1.88. The van der Waals surface area contributed by atoms with Gasteiger partial charge in [0, 0.05) is 0 Å². The Bertz CT molecular complexity index is 336. The smallest absolute Gasteiger partial charge is 0.338 e. The van der Waals surface area contributed by atoms with Gasteiger partial charge in [0.15, 0.2) is 0 Å². The highest BCUT2D eigenvalue weighted by Crippen LogP contribution is 2.08. The van der Waals surface area contributed by atoms with Gasteiger partial charge in [0.2, 0.25) is 0 Å². The molecule has 0 atom stereocenters. The van der Waals surface area contributed by atoms with Crippen LogP contribution >= 0.6 is 0 Å².